The molecule has 2 aliphatic rings. The van der Waals surface area contributed by atoms with Crippen molar-refractivity contribution in [2.45, 2.75) is 24.7 Å². The van der Waals surface area contributed by atoms with Crippen LogP contribution in [0.5, 0.6) is 11.5 Å². The first kappa shape index (κ1) is 18.7. The van der Waals surface area contributed by atoms with E-state index in [0.717, 1.165) is 22.6 Å². The van der Waals surface area contributed by atoms with Crippen LogP contribution in [-0.4, -0.2) is 31.5 Å². The third-order valence-electron chi connectivity index (χ3n) is 5.79. The standard InChI is InChI=1S/C21H25N3O4/c1-27-14-8-6-12(7-9-14)17-11-16(21(25)26)18-19(23-24-20(18)22-17)13-4-3-5-15(10-13)28-2/h3-10,16-20,22-24H,11H2,1-2H3,(H,25,26). The maximum absolute atomic E-state index is 12.1. The summed E-state index contributed by atoms with van der Waals surface area (Å²) in [5.41, 5.74) is 8.61. The predicted molar refractivity (Wildman–Crippen MR) is 104 cm³/mol. The first-order chi connectivity index (χ1) is 13.6. The lowest BCUT2D eigenvalue weighted by Gasteiger charge is -2.39. The van der Waals surface area contributed by atoms with Crippen molar-refractivity contribution in [2.24, 2.45) is 11.8 Å². The molecule has 5 atom stereocenters. The first-order valence-electron chi connectivity index (χ1n) is 9.38. The summed E-state index contributed by atoms with van der Waals surface area (Å²) in [7, 11) is 3.26. The van der Waals surface area contributed by atoms with E-state index in [2.05, 4.69) is 16.2 Å². The van der Waals surface area contributed by atoms with Crippen molar-refractivity contribution >= 4 is 5.97 Å². The summed E-state index contributed by atoms with van der Waals surface area (Å²) in [6.45, 7) is 0. The molecule has 2 saturated heterocycles. The largest absolute Gasteiger partial charge is 0.497 e. The lowest BCUT2D eigenvalue weighted by molar-refractivity contribution is -0.146. The number of ether oxygens (including phenoxy) is 2. The molecular formula is C21H25N3O4. The molecule has 0 bridgehead atoms. The Morgan fingerprint density at radius 2 is 1.75 bits per heavy atom. The fraction of sp³-hybridized carbons (Fsp3) is 0.381. The SMILES string of the molecule is COc1ccc(C2CC(C(=O)O)C3C(NNC3c3cccc(OC)c3)N2)cc1. The van der Waals surface area contributed by atoms with Gasteiger partial charge >= 0.3 is 5.97 Å². The van der Waals surface area contributed by atoms with Crippen LogP contribution in [0.25, 0.3) is 0 Å². The first-order valence-corrected chi connectivity index (χ1v) is 9.38. The fourth-order valence-corrected chi connectivity index (χ4v) is 4.35. The smallest absolute Gasteiger partial charge is 0.307 e. The van der Waals surface area contributed by atoms with Crippen molar-refractivity contribution < 1.29 is 19.4 Å². The number of nitrogens with one attached hydrogen (secondary N) is 3. The van der Waals surface area contributed by atoms with E-state index in [-0.39, 0.29) is 24.2 Å². The summed E-state index contributed by atoms with van der Waals surface area (Å²) >= 11 is 0. The number of carbonyl (C=O) groups is 1. The Balaban J connectivity index is 1.60. The van der Waals surface area contributed by atoms with Gasteiger partial charge in [-0.2, -0.15) is 0 Å². The lowest BCUT2D eigenvalue weighted by atomic mass is 9.75. The lowest BCUT2D eigenvalue weighted by Crippen LogP contribution is -2.53. The number of benzene rings is 2. The summed E-state index contributed by atoms with van der Waals surface area (Å²) in [6, 6.07) is 15.4. The van der Waals surface area contributed by atoms with Crippen molar-refractivity contribution in [1.29, 1.82) is 0 Å². The quantitative estimate of drug-likeness (QED) is 0.629. The molecule has 5 unspecified atom stereocenters. The number of rotatable bonds is 5. The average Bonchev–Trinajstić information content (AvgIpc) is 3.17. The maximum Gasteiger partial charge on any atom is 0.307 e. The van der Waals surface area contributed by atoms with E-state index in [0.29, 0.717) is 6.42 Å². The maximum atomic E-state index is 12.1. The molecule has 0 amide bonds. The van der Waals surface area contributed by atoms with Gasteiger partial charge in [-0.15, -0.1) is 0 Å². The van der Waals surface area contributed by atoms with Crippen LogP contribution in [-0.2, 0) is 4.79 Å². The van der Waals surface area contributed by atoms with Crippen molar-refractivity contribution in [2.75, 3.05) is 14.2 Å². The van der Waals surface area contributed by atoms with Crippen LogP contribution in [0, 0.1) is 11.8 Å². The molecule has 2 aromatic carbocycles. The molecule has 28 heavy (non-hydrogen) atoms. The van der Waals surface area contributed by atoms with E-state index in [9.17, 15) is 9.90 Å². The topological polar surface area (TPSA) is 91.9 Å². The fourth-order valence-electron chi connectivity index (χ4n) is 4.35. The molecule has 0 spiro atoms. The van der Waals surface area contributed by atoms with Crippen LogP contribution >= 0.6 is 0 Å². The highest BCUT2D eigenvalue weighted by molar-refractivity contribution is 5.71. The molecule has 4 N–H and O–H groups in total. The molecule has 2 aliphatic heterocycles. The van der Waals surface area contributed by atoms with E-state index in [1.807, 2.05) is 48.5 Å². The predicted octanol–water partition coefficient (Wildman–Crippen LogP) is 2.23. The van der Waals surface area contributed by atoms with Gasteiger partial charge in [-0.1, -0.05) is 24.3 Å². The van der Waals surface area contributed by atoms with Gasteiger partial charge in [0.25, 0.3) is 0 Å². The second-order valence-electron chi connectivity index (χ2n) is 7.27. The molecular weight excluding hydrogens is 358 g/mol. The molecule has 148 valence electrons. The zero-order valence-corrected chi connectivity index (χ0v) is 15.9. The molecule has 0 radical (unpaired) electrons. The van der Waals surface area contributed by atoms with Crippen LogP contribution in [0.15, 0.2) is 48.5 Å². The van der Waals surface area contributed by atoms with Gasteiger partial charge in [0.1, 0.15) is 11.5 Å². The number of piperidine rings is 1. The second-order valence-corrected chi connectivity index (χ2v) is 7.27. The van der Waals surface area contributed by atoms with Gasteiger partial charge in [0.05, 0.1) is 32.3 Å². The molecule has 7 heteroatoms. The number of carboxylic acids is 1. The van der Waals surface area contributed by atoms with Crippen molar-refractivity contribution in [3.05, 3.63) is 59.7 Å². The third-order valence-corrected chi connectivity index (χ3v) is 5.79. The Hall–Kier alpha value is -2.61. The number of aliphatic carboxylic acids is 1. The number of hydrogen-bond donors (Lipinski definition) is 4. The number of hydrogen-bond acceptors (Lipinski definition) is 6. The molecule has 0 aromatic heterocycles. The Labute approximate surface area is 164 Å². The van der Waals surface area contributed by atoms with E-state index < -0.39 is 11.9 Å². The van der Waals surface area contributed by atoms with Crippen LogP contribution in [0.3, 0.4) is 0 Å². The number of hydrazine groups is 1. The van der Waals surface area contributed by atoms with Gasteiger partial charge < -0.3 is 14.6 Å². The molecule has 7 nitrogen and oxygen atoms in total. The van der Waals surface area contributed by atoms with Crippen molar-refractivity contribution in [3.8, 4) is 11.5 Å². The Morgan fingerprint density at radius 3 is 2.43 bits per heavy atom. The minimum atomic E-state index is -0.770. The van der Waals surface area contributed by atoms with Gasteiger partial charge in [-0.25, -0.2) is 10.9 Å². The minimum Gasteiger partial charge on any atom is -0.497 e. The highest BCUT2D eigenvalue weighted by Gasteiger charge is 2.49. The normalized spacial score (nSPS) is 29.1. The number of methoxy groups -OCH3 is 2. The van der Waals surface area contributed by atoms with E-state index in [1.165, 1.54) is 0 Å². The monoisotopic (exact) mass is 383 g/mol. The van der Waals surface area contributed by atoms with Crippen LogP contribution in [0.1, 0.15) is 29.6 Å². The van der Waals surface area contributed by atoms with E-state index in [1.54, 1.807) is 14.2 Å². The van der Waals surface area contributed by atoms with Crippen LogP contribution in [0.2, 0.25) is 0 Å². The molecule has 4 rings (SSSR count). The summed E-state index contributed by atoms with van der Waals surface area (Å²) < 4.78 is 10.5. The van der Waals surface area contributed by atoms with Crippen LogP contribution in [0.4, 0.5) is 0 Å². The van der Waals surface area contributed by atoms with Crippen molar-refractivity contribution in [1.82, 2.24) is 16.2 Å². The minimum absolute atomic E-state index is 0.0494. The highest BCUT2D eigenvalue weighted by atomic mass is 16.5. The molecule has 0 aliphatic carbocycles. The summed E-state index contributed by atoms with van der Waals surface area (Å²) in [5.74, 6) is 0.157. The van der Waals surface area contributed by atoms with Gasteiger partial charge in [-0.3, -0.25) is 10.1 Å². The summed E-state index contributed by atoms with van der Waals surface area (Å²) in [4.78, 5) is 12.1. The van der Waals surface area contributed by atoms with Gasteiger partial charge in [0.15, 0.2) is 0 Å². The van der Waals surface area contributed by atoms with Gasteiger partial charge in [0, 0.05) is 12.0 Å². The Kier molecular flexibility index (Phi) is 5.21. The van der Waals surface area contributed by atoms with Crippen LogP contribution < -0.4 is 25.6 Å². The van der Waals surface area contributed by atoms with E-state index in [4.69, 9.17) is 9.47 Å². The molecule has 2 heterocycles. The number of fused-ring (bicyclic) bond motifs is 1. The zero-order valence-electron chi connectivity index (χ0n) is 15.9. The summed E-state index contributed by atoms with van der Waals surface area (Å²) in [6.07, 6.45) is 0.366. The van der Waals surface area contributed by atoms with Gasteiger partial charge in [-0.05, 0) is 41.8 Å². The zero-order chi connectivity index (χ0) is 19.7. The Bertz CT molecular complexity index is 842. The highest BCUT2D eigenvalue weighted by Crippen LogP contribution is 2.42. The average molecular weight is 383 g/mol. The molecule has 2 aromatic rings. The third kappa shape index (κ3) is 3.44. The van der Waals surface area contributed by atoms with Gasteiger partial charge in [0.2, 0.25) is 0 Å². The van der Waals surface area contributed by atoms with Crippen molar-refractivity contribution in [3.63, 3.8) is 0 Å². The molecule has 0 saturated carbocycles. The number of carboxylic acid groups (broad SMARTS) is 1. The second kappa shape index (κ2) is 7.79. The Morgan fingerprint density at radius 1 is 1.00 bits per heavy atom. The van der Waals surface area contributed by atoms with E-state index >= 15 is 0 Å². The summed E-state index contributed by atoms with van der Waals surface area (Å²) in [5, 5.41) is 13.5. The molecule has 2 fully saturated rings.